The first-order chi connectivity index (χ1) is 36.4. The van der Waals surface area contributed by atoms with Crippen molar-refractivity contribution in [1.82, 2.24) is 40.6 Å². The Morgan fingerprint density at radius 3 is 2.10 bits per heavy atom. The van der Waals surface area contributed by atoms with Crippen LogP contribution >= 0.6 is 0 Å². The highest BCUT2D eigenvalue weighted by Gasteiger charge is 2.39. The third-order valence-corrected chi connectivity index (χ3v) is 12.7. The number of carbonyl (C=O) groups excluding carboxylic acids is 10. The van der Waals surface area contributed by atoms with Gasteiger partial charge in [-0.25, -0.2) is 8.78 Å². The van der Waals surface area contributed by atoms with Gasteiger partial charge in [0.05, 0.1) is 31.5 Å². The molecule has 0 radical (unpaired) electrons. The van der Waals surface area contributed by atoms with Crippen molar-refractivity contribution in [3.8, 4) is 11.1 Å². The third kappa shape index (κ3) is 17.4. The van der Waals surface area contributed by atoms with Gasteiger partial charge in [-0.1, -0.05) is 58.0 Å². The Hall–Kier alpha value is -8.27. The number of hydrogen-bond acceptors (Lipinski definition) is 12. The molecule has 4 aromatic rings. The Bertz CT molecular complexity index is 2830. The Morgan fingerprint density at radius 1 is 0.805 bits per heavy atom. The molecule has 7 N–H and O–H groups in total. The zero-order valence-corrected chi connectivity index (χ0v) is 43.6. The zero-order chi connectivity index (χ0) is 56.6. The standard InChI is InChI=1S/C55H65F2N9O11/c1-33(24-45(69)34(2)61-47(71)25-35-17-21-59-22-18-35)52(75)63-43(28-46(58)70)54(77)62-42(53(76)60-20-9-12-39(68)31-66-48(72)15-16-49(66)73)19-23-65(50(74)32-67)51(55(3,4)5)44-26-37(40-27-38(56)13-14-41(40)57)30-64(44)29-36-10-7-6-8-11-36/h6-8,10-11,13-18,21-22,26-27,30,33-34,42-43,51,67H,9,12,19-20,23-25,28-29,31-32H2,1-5H3,(H2,58,70)(H,60,76)(H,61,71)(H,62,77)(H,63,75)/t33-,34-,42-,43-,51-/m0/s1. The summed E-state index contributed by atoms with van der Waals surface area (Å²) in [6, 6.07) is 11.9. The molecule has 410 valence electrons. The molecule has 1 aliphatic rings. The van der Waals surface area contributed by atoms with Crippen LogP contribution in [0.3, 0.4) is 0 Å². The van der Waals surface area contributed by atoms with Crippen LogP contribution in [-0.2, 0) is 60.9 Å². The van der Waals surface area contributed by atoms with Gasteiger partial charge in [-0.3, -0.25) is 57.8 Å². The molecular weight excluding hydrogens is 1000 g/mol. The molecule has 0 fully saturated rings. The summed E-state index contributed by atoms with van der Waals surface area (Å²) in [7, 11) is 0. The fraction of sp³-hybridized carbons (Fsp3) is 0.400. The van der Waals surface area contributed by atoms with Gasteiger partial charge in [-0.15, -0.1) is 0 Å². The third-order valence-electron chi connectivity index (χ3n) is 12.7. The Kier molecular flexibility index (Phi) is 21.3. The molecule has 0 saturated heterocycles. The number of aliphatic hydroxyl groups excluding tert-OH is 1. The number of halogens is 2. The van der Waals surface area contributed by atoms with Crippen molar-refractivity contribution < 1.29 is 61.8 Å². The summed E-state index contributed by atoms with van der Waals surface area (Å²) in [6.07, 6.45) is 5.02. The van der Waals surface area contributed by atoms with Crippen molar-refractivity contribution in [3.05, 3.63) is 126 Å². The fourth-order valence-corrected chi connectivity index (χ4v) is 8.73. The number of pyridine rings is 1. The van der Waals surface area contributed by atoms with Crippen molar-refractivity contribution in [2.24, 2.45) is 17.1 Å². The van der Waals surface area contributed by atoms with Crippen molar-refractivity contribution in [1.29, 1.82) is 0 Å². The van der Waals surface area contributed by atoms with Crippen LogP contribution in [0.2, 0.25) is 0 Å². The molecule has 5 rings (SSSR count). The van der Waals surface area contributed by atoms with E-state index in [1.54, 1.807) is 29.0 Å². The van der Waals surface area contributed by atoms with Crippen LogP contribution in [0.5, 0.6) is 0 Å². The first-order valence-electron chi connectivity index (χ1n) is 25.0. The maximum Gasteiger partial charge on any atom is 0.254 e. The number of imide groups is 1. The molecule has 0 spiro atoms. The lowest BCUT2D eigenvalue weighted by atomic mass is 9.82. The van der Waals surface area contributed by atoms with E-state index in [4.69, 9.17) is 5.73 Å². The largest absolute Gasteiger partial charge is 0.387 e. The van der Waals surface area contributed by atoms with Crippen LogP contribution in [-0.4, -0.2) is 128 Å². The summed E-state index contributed by atoms with van der Waals surface area (Å²) in [6.45, 7) is 6.46. The summed E-state index contributed by atoms with van der Waals surface area (Å²) < 4.78 is 31.8. The average Bonchev–Trinajstić information content (AvgIpc) is 3.93. The molecule has 3 heterocycles. The first-order valence-corrected chi connectivity index (χ1v) is 25.0. The number of aromatic nitrogens is 2. The number of nitrogens with one attached hydrogen (secondary N) is 4. The Labute approximate surface area is 444 Å². The molecule has 0 saturated carbocycles. The van der Waals surface area contributed by atoms with E-state index in [1.165, 1.54) is 31.1 Å². The number of carbonyl (C=O) groups is 10. The van der Waals surface area contributed by atoms with Gasteiger partial charge in [0.2, 0.25) is 35.4 Å². The van der Waals surface area contributed by atoms with Crippen LogP contribution < -0.4 is 27.0 Å². The van der Waals surface area contributed by atoms with E-state index in [1.807, 2.05) is 51.1 Å². The molecule has 5 atom stereocenters. The minimum Gasteiger partial charge on any atom is -0.387 e. The number of primary amides is 1. The molecule has 8 amide bonds. The van der Waals surface area contributed by atoms with Crippen molar-refractivity contribution in [2.45, 2.75) is 104 Å². The Morgan fingerprint density at radius 2 is 1.47 bits per heavy atom. The van der Waals surface area contributed by atoms with Gasteiger partial charge in [0, 0.05) is 86.0 Å². The molecule has 2 aromatic carbocycles. The second-order valence-electron chi connectivity index (χ2n) is 19.9. The second kappa shape index (κ2) is 27.5. The summed E-state index contributed by atoms with van der Waals surface area (Å²) in [5, 5.41) is 20.7. The number of ketones is 2. The van der Waals surface area contributed by atoms with E-state index < -0.39 is 126 Å². The normalized spacial score (nSPS) is 14.2. The highest BCUT2D eigenvalue weighted by atomic mass is 19.1. The molecule has 77 heavy (non-hydrogen) atoms. The van der Waals surface area contributed by atoms with Crippen LogP contribution in [0.25, 0.3) is 11.1 Å². The maximum atomic E-state index is 15.4. The van der Waals surface area contributed by atoms with E-state index in [-0.39, 0.29) is 62.9 Å². The van der Waals surface area contributed by atoms with E-state index in [0.29, 0.717) is 11.3 Å². The monoisotopic (exact) mass is 1070 g/mol. The van der Waals surface area contributed by atoms with Crippen molar-refractivity contribution in [2.75, 3.05) is 26.2 Å². The van der Waals surface area contributed by atoms with Crippen LogP contribution in [0, 0.1) is 23.0 Å². The average molecular weight is 1070 g/mol. The number of rotatable bonds is 28. The van der Waals surface area contributed by atoms with Gasteiger partial charge in [-0.2, -0.15) is 0 Å². The van der Waals surface area contributed by atoms with Crippen LogP contribution in [0.4, 0.5) is 8.78 Å². The first kappa shape index (κ1) is 59.6. The van der Waals surface area contributed by atoms with Gasteiger partial charge < -0.3 is 41.6 Å². The zero-order valence-electron chi connectivity index (χ0n) is 43.6. The van der Waals surface area contributed by atoms with Gasteiger partial charge in [0.25, 0.3) is 11.8 Å². The lowest BCUT2D eigenvalue weighted by Gasteiger charge is -2.41. The predicted molar refractivity (Wildman–Crippen MR) is 276 cm³/mol. The Balaban J connectivity index is 1.41. The molecule has 0 aliphatic carbocycles. The minimum atomic E-state index is -1.70. The van der Waals surface area contributed by atoms with Gasteiger partial charge in [0.15, 0.2) is 11.6 Å². The number of hydrogen-bond donors (Lipinski definition) is 6. The number of aliphatic hydroxyl groups is 1. The van der Waals surface area contributed by atoms with Crippen LogP contribution in [0.15, 0.2) is 97.5 Å². The molecule has 20 nitrogen and oxygen atoms in total. The number of amides is 8. The topological polar surface area (TPSA) is 289 Å². The summed E-state index contributed by atoms with van der Waals surface area (Å²) in [5.41, 5.74) is 6.77. The number of benzene rings is 2. The molecule has 0 bridgehead atoms. The molecule has 1 aliphatic heterocycles. The highest BCUT2D eigenvalue weighted by molar-refractivity contribution is 6.14. The molecular formula is C55H65F2N9O11. The van der Waals surface area contributed by atoms with E-state index in [9.17, 15) is 57.4 Å². The lowest BCUT2D eigenvalue weighted by molar-refractivity contribution is -0.141. The molecule has 22 heteroatoms. The lowest BCUT2D eigenvalue weighted by Crippen LogP contribution is -2.56. The predicted octanol–water partition coefficient (Wildman–Crippen LogP) is 2.75. The van der Waals surface area contributed by atoms with Crippen molar-refractivity contribution in [3.63, 3.8) is 0 Å². The highest BCUT2D eigenvalue weighted by Crippen LogP contribution is 2.41. The number of nitrogens with zero attached hydrogens (tertiary/aromatic N) is 4. The van der Waals surface area contributed by atoms with E-state index in [2.05, 4.69) is 26.3 Å². The van der Waals surface area contributed by atoms with Gasteiger partial charge in [0.1, 0.15) is 30.3 Å². The van der Waals surface area contributed by atoms with Gasteiger partial charge >= 0.3 is 0 Å². The quantitative estimate of drug-likeness (QED) is 0.0354. The maximum absolute atomic E-state index is 15.4. The van der Waals surface area contributed by atoms with Crippen molar-refractivity contribution >= 4 is 58.8 Å². The van der Waals surface area contributed by atoms with E-state index >= 15 is 4.39 Å². The molecule has 0 unspecified atom stereocenters. The number of nitrogens with two attached hydrogens (primary N) is 1. The van der Waals surface area contributed by atoms with E-state index in [0.717, 1.165) is 40.8 Å². The number of Topliss-reactive ketones (excluding diaryl/α,β-unsaturated/α-hetero) is 2. The smallest absolute Gasteiger partial charge is 0.254 e. The fourth-order valence-electron chi connectivity index (χ4n) is 8.73. The minimum absolute atomic E-state index is 0.0206. The van der Waals surface area contributed by atoms with Crippen LogP contribution in [0.1, 0.15) is 89.6 Å². The summed E-state index contributed by atoms with van der Waals surface area (Å²) >= 11 is 0. The molecule has 2 aromatic heterocycles. The summed E-state index contributed by atoms with van der Waals surface area (Å²) in [5.74, 6) is -9.85. The van der Waals surface area contributed by atoms with Gasteiger partial charge in [-0.05, 0) is 72.7 Å². The summed E-state index contributed by atoms with van der Waals surface area (Å²) in [4.78, 5) is 137. The SMILES string of the molecule is C[C@H](NC(=O)Cc1ccncc1)C(=O)C[C@H](C)C(=O)N[C@@H](CC(N)=O)C(=O)N[C@@H](CCN(C(=O)CO)[C@@H](c1cc(-c2cc(F)ccc2F)cn1Cc1ccccc1)C(C)(C)C)C(=O)NCCCC(=O)CN1C(=O)C=CC1=O. The second-order valence-corrected chi connectivity index (χ2v) is 19.9.